The first-order chi connectivity index (χ1) is 9.99. The smallest absolute Gasteiger partial charge is 0.330 e. The first kappa shape index (κ1) is 16.3. The summed E-state index contributed by atoms with van der Waals surface area (Å²) in [6, 6.07) is 0. The van der Waals surface area contributed by atoms with Gasteiger partial charge in [0.25, 0.3) is 5.56 Å². The molecular weight excluding hydrogens is 296 g/mol. The van der Waals surface area contributed by atoms with Gasteiger partial charge in [-0.05, 0) is 19.1 Å². The number of aromatic nitrogens is 2. The zero-order valence-corrected chi connectivity index (χ0v) is 12.8. The van der Waals surface area contributed by atoms with Crippen LogP contribution in [0.2, 0.25) is 0 Å². The molecule has 0 aromatic carbocycles. The molecular formula is C13H20N2O5S. The molecule has 0 saturated carbocycles. The summed E-state index contributed by atoms with van der Waals surface area (Å²) < 4.78 is 6.90. The van der Waals surface area contributed by atoms with Gasteiger partial charge in [0.15, 0.2) is 6.23 Å². The van der Waals surface area contributed by atoms with Gasteiger partial charge in [-0.3, -0.25) is 14.3 Å². The molecule has 0 spiro atoms. The van der Waals surface area contributed by atoms with Gasteiger partial charge in [0.1, 0.15) is 6.10 Å². The summed E-state index contributed by atoms with van der Waals surface area (Å²) in [7, 11) is 0. The number of hydrogen-bond acceptors (Lipinski definition) is 6. The highest BCUT2D eigenvalue weighted by Crippen LogP contribution is 2.37. The van der Waals surface area contributed by atoms with Crippen molar-refractivity contribution in [2.75, 3.05) is 12.4 Å². The summed E-state index contributed by atoms with van der Waals surface area (Å²) >= 11 is 1.50. The lowest BCUT2D eigenvalue weighted by molar-refractivity contribution is -0.0457. The number of aryl methyl sites for hydroxylation is 1. The van der Waals surface area contributed by atoms with Crippen molar-refractivity contribution in [3.63, 3.8) is 0 Å². The minimum atomic E-state index is -0.865. The van der Waals surface area contributed by atoms with Gasteiger partial charge in [-0.2, -0.15) is 11.8 Å². The zero-order chi connectivity index (χ0) is 15.6. The van der Waals surface area contributed by atoms with E-state index in [0.29, 0.717) is 5.56 Å². The van der Waals surface area contributed by atoms with Crippen molar-refractivity contribution in [1.29, 1.82) is 0 Å². The number of hydrogen-bond donors (Lipinski definition) is 3. The van der Waals surface area contributed by atoms with Crippen LogP contribution in [0.15, 0.2) is 15.8 Å². The van der Waals surface area contributed by atoms with Gasteiger partial charge in [0.2, 0.25) is 0 Å². The number of ether oxygens (including phenoxy) is 1. The van der Waals surface area contributed by atoms with Crippen molar-refractivity contribution in [2.45, 2.75) is 44.0 Å². The van der Waals surface area contributed by atoms with Crippen LogP contribution in [-0.4, -0.2) is 49.6 Å². The van der Waals surface area contributed by atoms with Gasteiger partial charge in [0, 0.05) is 11.8 Å². The van der Waals surface area contributed by atoms with Crippen molar-refractivity contribution in [1.82, 2.24) is 9.55 Å². The third kappa shape index (κ3) is 3.23. The molecule has 0 radical (unpaired) electrons. The van der Waals surface area contributed by atoms with Crippen LogP contribution in [0.4, 0.5) is 0 Å². The molecule has 1 aliphatic heterocycles. The Morgan fingerprint density at radius 2 is 2.19 bits per heavy atom. The highest BCUT2D eigenvalue weighted by atomic mass is 32.2. The summed E-state index contributed by atoms with van der Waals surface area (Å²) in [6.07, 6.45) is 0.0396. The topological polar surface area (TPSA) is 105 Å². The maximum absolute atomic E-state index is 12.0. The summed E-state index contributed by atoms with van der Waals surface area (Å²) in [4.78, 5) is 25.6. The Morgan fingerprint density at radius 1 is 1.48 bits per heavy atom. The number of thioether (sulfide) groups is 1. The van der Waals surface area contributed by atoms with Gasteiger partial charge >= 0.3 is 5.69 Å². The first-order valence-corrected chi connectivity index (χ1v) is 7.92. The molecule has 21 heavy (non-hydrogen) atoms. The summed E-state index contributed by atoms with van der Waals surface area (Å²) in [5.41, 5.74) is -0.630. The maximum atomic E-state index is 12.0. The van der Waals surface area contributed by atoms with Crippen LogP contribution in [0, 0.1) is 6.92 Å². The Hall–Kier alpha value is -1.09. The lowest BCUT2D eigenvalue weighted by Crippen LogP contribution is -2.37. The molecule has 118 valence electrons. The van der Waals surface area contributed by atoms with Gasteiger partial charge in [-0.1, -0.05) is 6.92 Å². The predicted molar refractivity (Wildman–Crippen MR) is 79.6 cm³/mol. The number of H-pyrrole nitrogens is 1. The van der Waals surface area contributed by atoms with Crippen LogP contribution in [0.5, 0.6) is 0 Å². The summed E-state index contributed by atoms with van der Waals surface area (Å²) in [5.74, 6) is 0.802. The van der Waals surface area contributed by atoms with Gasteiger partial charge < -0.3 is 14.9 Å². The Balaban J connectivity index is 2.37. The normalized spacial score (nSPS) is 29.0. The number of nitrogens with one attached hydrogen (secondary N) is 1. The third-order valence-electron chi connectivity index (χ3n) is 3.43. The lowest BCUT2D eigenvalue weighted by Gasteiger charge is -2.21. The van der Waals surface area contributed by atoms with E-state index in [1.54, 1.807) is 6.92 Å². The van der Waals surface area contributed by atoms with E-state index in [-0.39, 0.29) is 11.9 Å². The fraction of sp³-hybridized carbons (Fsp3) is 0.692. The van der Waals surface area contributed by atoms with Gasteiger partial charge in [-0.15, -0.1) is 0 Å². The first-order valence-electron chi connectivity index (χ1n) is 6.87. The molecule has 8 heteroatoms. The molecule has 0 amide bonds. The number of aliphatic hydroxyl groups is 2. The highest BCUT2D eigenvalue weighted by Gasteiger charge is 2.44. The van der Waals surface area contributed by atoms with Gasteiger partial charge in [0.05, 0.1) is 18.0 Å². The van der Waals surface area contributed by atoms with E-state index in [0.717, 1.165) is 12.2 Å². The molecule has 1 saturated heterocycles. The quantitative estimate of drug-likeness (QED) is 0.683. The molecule has 0 aliphatic carbocycles. The van der Waals surface area contributed by atoms with Crippen LogP contribution in [0.1, 0.15) is 25.1 Å². The zero-order valence-electron chi connectivity index (χ0n) is 12.0. The fourth-order valence-electron chi connectivity index (χ4n) is 2.30. The fourth-order valence-corrected chi connectivity index (χ4v) is 3.54. The van der Waals surface area contributed by atoms with E-state index in [1.807, 2.05) is 6.92 Å². The Bertz CT molecular complexity index is 599. The lowest BCUT2D eigenvalue weighted by atomic mass is 10.2. The molecule has 3 N–H and O–H groups in total. The standard InChI is InChI=1S/C13H20N2O5S/c1-3-4-21-10-9(17)8(6-16)20-12(10)15-5-7(2)11(18)14-13(15)19/h5,8-10,12,16-17H,3-4,6H2,1-2H3,(H,14,18,19)/t8?,9-,10?,12+/m0/s1. The molecule has 2 unspecified atom stereocenters. The summed E-state index contributed by atoms with van der Waals surface area (Å²) in [5, 5.41) is 19.1. The number of aliphatic hydroxyl groups excluding tert-OH is 2. The molecule has 2 heterocycles. The number of aromatic amines is 1. The van der Waals surface area contributed by atoms with Crippen LogP contribution in [0.3, 0.4) is 0 Å². The largest absolute Gasteiger partial charge is 0.394 e. The molecule has 4 atom stereocenters. The van der Waals surface area contributed by atoms with Crippen molar-refractivity contribution in [2.24, 2.45) is 0 Å². The maximum Gasteiger partial charge on any atom is 0.330 e. The average molecular weight is 316 g/mol. The third-order valence-corrected chi connectivity index (χ3v) is 4.97. The average Bonchev–Trinajstić information content (AvgIpc) is 2.77. The monoisotopic (exact) mass is 316 g/mol. The van der Waals surface area contributed by atoms with E-state index in [2.05, 4.69) is 4.98 Å². The van der Waals surface area contributed by atoms with Crippen molar-refractivity contribution < 1.29 is 14.9 Å². The van der Waals surface area contributed by atoms with Crippen LogP contribution in [-0.2, 0) is 4.74 Å². The molecule has 1 fully saturated rings. The second-order valence-electron chi connectivity index (χ2n) is 5.05. The number of nitrogens with zero attached hydrogens (tertiary/aromatic N) is 1. The van der Waals surface area contributed by atoms with Gasteiger partial charge in [-0.25, -0.2) is 4.79 Å². The Kier molecular flexibility index (Phi) is 5.26. The molecule has 1 aromatic heterocycles. The highest BCUT2D eigenvalue weighted by molar-refractivity contribution is 8.00. The minimum Gasteiger partial charge on any atom is -0.394 e. The van der Waals surface area contributed by atoms with Crippen molar-refractivity contribution in [3.8, 4) is 0 Å². The molecule has 0 bridgehead atoms. The minimum absolute atomic E-state index is 0.321. The Morgan fingerprint density at radius 3 is 2.81 bits per heavy atom. The van der Waals surface area contributed by atoms with E-state index in [1.165, 1.54) is 22.5 Å². The second-order valence-corrected chi connectivity index (χ2v) is 6.34. The van der Waals surface area contributed by atoms with E-state index < -0.39 is 29.7 Å². The van der Waals surface area contributed by atoms with Crippen LogP contribution < -0.4 is 11.2 Å². The van der Waals surface area contributed by atoms with E-state index >= 15 is 0 Å². The molecule has 1 aliphatic rings. The van der Waals surface area contributed by atoms with Crippen LogP contribution >= 0.6 is 11.8 Å². The SMILES string of the molecule is CCCSC1[C@@H](O)C(CO)O[C@H]1n1cc(C)c(=O)[nH]c1=O. The Labute approximate surface area is 126 Å². The van der Waals surface area contributed by atoms with Crippen LogP contribution in [0.25, 0.3) is 0 Å². The number of rotatable bonds is 5. The molecule has 2 rings (SSSR count). The predicted octanol–water partition coefficient (Wildman–Crippen LogP) is -0.393. The van der Waals surface area contributed by atoms with Crippen molar-refractivity contribution >= 4 is 11.8 Å². The van der Waals surface area contributed by atoms with E-state index in [4.69, 9.17) is 4.74 Å². The molecule has 7 nitrogen and oxygen atoms in total. The van der Waals surface area contributed by atoms with Crippen molar-refractivity contribution in [3.05, 3.63) is 32.6 Å². The summed E-state index contributed by atoms with van der Waals surface area (Å²) in [6.45, 7) is 3.29. The second kappa shape index (κ2) is 6.78. The molecule has 1 aromatic rings. The van der Waals surface area contributed by atoms with E-state index in [9.17, 15) is 19.8 Å².